The maximum absolute atomic E-state index is 12.7. The topological polar surface area (TPSA) is 56.6 Å². The monoisotopic (exact) mass is 279 g/mol. The van der Waals surface area contributed by atoms with E-state index in [1.807, 2.05) is 18.9 Å². The zero-order valence-corrected chi connectivity index (χ0v) is 12.3. The van der Waals surface area contributed by atoms with Crippen LogP contribution < -0.4 is 0 Å². The van der Waals surface area contributed by atoms with Crippen LogP contribution in [0.1, 0.15) is 16.2 Å². The first-order valence-corrected chi connectivity index (χ1v) is 6.91. The van der Waals surface area contributed by atoms with Gasteiger partial charge in [0.2, 0.25) is 0 Å². The molecule has 0 unspecified atom stereocenters. The Morgan fingerprint density at radius 1 is 1.65 bits per heavy atom. The summed E-state index contributed by atoms with van der Waals surface area (Å²) in [5, 5.41) is 0. The normalized spacial score (nSPS) is 28.9. The van der Waals surface area contributed by atoms with Crippen molar-refractivity contribution in [1.29, 1.82) is 0 Å². The van der Waals surface area contributed by atoms with Crippen molar-refractivity contribution in [2.75, 3.05) is 40.0 Å². The number of likely N-dealkylation sites (tertiary alicyclic amines) is 1. The Hall–Kier alpha value is -1.40. The fourth-order valence-electron chi connectivity index (χ4n) is 3.48. The largest absolute Gasteiger partial charge is 0.384 e. The summed E-state index contributed by atoms with van der Waals surface area (Å²) >= 11 is 0. The molecule has 6 nitrogen and oxygen atoms in total. The molecule has 2 aliphatic rings. The molecule has 1 amide bonds. The van der Waals surface area contributed by atoms with Gasteiger partial charge >= 0.3 is 0 Å². The zero-order valence-electron chi connectivity index (χ0n) is 12.3. The molecule has 0 aromatic carbocycles. The van der Waals surface area contributed by atoms with Gasteiger partial charge in [-0.25, -0.2) is 4.98 Å². The van der Waals surface area contributed by atoms with E-state index in [0.29, 0.717) is 31.4 Å². The summed E-state index contributed by atoms with van der Waals surface area (Å²) < 4.78 is 12.8. The first-order chi connectivity index (χ1) is 9.57. The van der Waals surface area contributed by atoms with E-state index < -0.39 is 0 Å². The number of nitrogens with zero attached hydrogens (tertiary/aromatic N) is 3. The number of ether oxygens (including phenoxy) is 2. The summed E-state index contributed by atoms with van der Waals surface area (Å²) in [5.41, 5.74) is 1.43. The molecular weight excluding hydrogens is 258 g/mol. The second-order valence-electron chi connectivity index (χ2n) is 5.98. The Balaban J connectivity index is 1.82. The smallest absolute Gasteiger partial charge is 0.272 e. The summed E-state index contributed by atoms with van der Waals surface area (Å²) in [6, 6.07) is 0. The van der Waals surface area contributed by atoms with Crippen LogP contribution in [0.3, 0.4) is 0 Å². The zero-order chi connectivity index (χ0) is 14.3. The lowest BCUT2D eigenvalue weighted by atomic mass is 9.82. The van der Waals surface area contributed by atoms with Crippen LogP contribution in [0.2, 0.25) is 0 Å². The lowest BCUT2D eigenvalue weighted by Crippen LogP contribution is -2.37. The number of amides is 1. The first-order valence-electron chi connectivity index (χ1n) is 6.91. The predicted octanol–water partition coefficient (Wildman–Crippen LogP) is 0.464. The van der Waals surface area contributed by atoms with Gasteiger partial charge in [0.15, 0.2) is 0 Å². The molecule has 2 saturated heterocycles. The molecule has 6 heteroatoms. The first kappa shape index (κ1) is 13.6. The number of carbonyl (C=O) groups excluding carboxylic acids is 1. The van der Waals surface area contributed by atoms with Crippen molar-refractivity contribution in [2.24, 2.45) is 18.4 Å². The molecule has 110 valence electrons. The highest BCUT2D eigenvalue weighted by Gasteiger charge is 2.52. The summed E-state index contributed by atoms with van der Waals surface area (Å²) in [4.78, 5) is 18.8. The number of hydrogen-bond donors (Lipinski definition) is 0. The Bertz CT molecular complexity index is 508. The van der Waals surface area contributed by atoms with E-state index >= 15 is 0 Å². The van der Waals surface area contributed by atoms with Crippen molar-refractivity contribution in [3.05, 3.63) is 17.7 Å². The molecule has 0 bridgehead atoms. The average molecular weight is 279 g/mol. The molecule has 0 saturated carbocycles. The van der Waals surface area contributed by atoms with Gasteiger partial charge in [0, 0.05) is 38.6 Å². The van der Waals surface area contributed by atoms with E-state index in [2.05, 4.69) is 4.98 Å². The standard InChI is InChI=1S/C14H21N3O3/c1-10-12(16(2)9-15-10)13(18)17-4-11-5-20-8-14(11,6-17)7-19-3/h9,11H,4-8H2,1-3H3/t11-,14-/m0/s1. The predicted molar refractivity (Wildman–Crippen MR) is 72.5 cm³/mol. The minimum atomic E-state index is -0.0308. The van der Waals surface area contributed by atoms with E-state index in [4.69, 9.17) is 9.47 Å². The number of aryl methyl sites for hydroxylation is 2. The molecule has 20 heavy (non-hydrogen) atoms. The van der Waals surface area contributed by atoms with Crippen LogP contribution in [-0.2, 0) is 16.5 Å². The maximum atomic E-state index is 12.7. The summed E-state index contributed by atoms with van der Waals surface area (Å²) in [6.07, 6.45) is 1.69. The molecule has 3 heterocycles. The van der Waals surface area contributed by atoms with Crippen molar-refractivity contribution in [1.82, 2.24) is 14.5 Å². The number of aromatic nitrogens is 2. The van der Waals surface area contributed by atoms with E-state index in [0.717, 1.165) is 18.8 Å². The van der Waals surface area contributed by atoms with Gasteiger partial charge in [-0.3, -0.25) is 4.79 Å². The minimum absolute atomic E-state index is 0.0308. The highest BCUT2D eigenvalue weighted by molar-refractivity contribution is 5.94. The van der Waals surface area contributed by atoms with Gasteiger partial charge in [-0.05, 0) is 6.92 Å². The van der Waals surface area contributed by atoms with E-state index in [-0.39, 0.29) is 11.3 Å². The van der Waals surface area contributed by atoms with Crippen LogP contribution in [0.15, 0.2) is 6.33 Å². The Labute approximate surface area is 118 Å². The second-order valence-corrected chi connectivity index (χ2v) is 5.98. The molecule has 1 aromatic rings. The van der Waals surface area contributed by atoms with Gasteiger partial charge in [0.25, 0.3) is 5.91 Å². The van der Waals surface area contributed by atoms with Crippen LogP contribution in [0.5, 0.6) is 0 Å². The molecule has 2 atom stereocenters. The third kappa shape index (κ3) is 1.94. The third-order valence-electron chi connectivity index (χ3n) is 4.56. The molecule has 2 fully saturated rings. The van der Waals surface area contributed by atoms with Gasteiger partial charge in [0.1, 0.15) is 5.69 Å². The highest BCUT2D eigenvalue weighted by Crippen LogP contribution is 2.41. The molecule has 0 N–H and O–H groups in total. The number of methoxy groups -OCH3 is 1. The van der Waals surface area contributed by atoms with E-state index in [9.17, 15) is 4.79 Å². The lowest BCUT2D eigenvalue weighted by molar-refractivity contribution is 0.0485. The Kier molecular flexibility index (Phi) is 3.30. The second kappa shape index (κ2) is 4.86. The van der Waals surface area contributed by atoms with Crippen LogP contribution in [0, 0.1) is 18.3 Å². The maximum Gasteiger partial charge on any atom is 0.272 e. The van der Waals surface area contributed by atoms with Gasteiger partial charge in [0.05, 0.1) is 31.8 Å². The number of carbonyl (C=O) groups is 1. The average Bonchev–Trinajstić information content (AvgIpc) is 3.02. The molecule has 0 spiro atoms. The van der Waals surface area contributed by atoms with Gasteiger partial charge in [-0.2, -0.15) is 0 Å². The molecule has 3 rings (SSSR count). The van der Waals surface area contributed by atoms with Crippen LogP contribution >= 0.6 is 0 Å². The SMILES string of the molecule is COC[C@@]12COC[C@@H]1CN(C(=O)c1c(C)ncn1C)C2. The van der Waals surface area contributed by atoms with Crippen molar-refractivity contribution < 1.29 is 14.3 Å². The Morgan fingerprint density at radius 2 is 2.45 bits per heavy atom. The Morgan fingerprint density at radius 3 is 3.10 bits per heavy atom. The van der Waals surface area contributed by atoms with Gasteiger partial charge < -0.3 is 18.9 Å². The minimum Gasteiger partial charge on any atom is -0.384 e. The van der Waals surface area contributed by atoms with Gasteiger partial charge in [-0.1, -0.05) is 0 Å². The van der Waals surface area contributed by atoms with Crippen molar-refractivity contribution in [3.63, 3.8) is 0 Å². The van der Waals surface area contributed by atoms with E-state index in [1.54, 1.807) is 18.0 Å². The summed E-state index contributed by atoms with van der Waals surface area (Å²) in [5.74, 6) is 0.437. The number of hydrogen-bond acceptors (Lipinski definition) is 4. The van der Waals surface area contributed by atoms with Crippen molar-refractivity contribution >= 4 is 5.91 Å². The molecule has 0 radical (unpaired) electrons. The van der Waals surface area contributed by atoms with Crippen LogP contribution in [-0.4, -0.2) is 60.4 Å². The summed E-state index contributed by atoms with van der Waals surface area (Å²) in [6.45, 7) is 5.36. The van der Waals surface area contributed by atoms with Gasteiger partial charge in [-0.15, -0.1) is 0 Å². The highest BCUT2D eigenvalue weighted by atomic mass is 16.5. The third-order valence-corrected chi connectivity index (χ3v) is 4.56. The quantitative estimate of drug-likeness (QED) is 0.807. The summed E-state index contributed by atoms with van der Waals surface area (Å²) in [7, 11) is 3.57. The number of fused-ring (bicyclic) bond motifs is 1. The fourth-order valence-corrected chi connectivity index (χ4v) is 3.48. The molecule has 1 aromatic heterocycles. The van der Waals surface area contributed by atoms with Crippen LogP contribution in [0.4, 0.5) is 0 Å². The lowest BCUT2D eigenvalue weighted by Gasteiger charge is -2.26. The van der Waals surface area contributed by atoms with Crippen molar-refractivity contribution in [3.8, 4) is 0 Å². The number of imidazole rings is 1. The molecule has 0 aliphatic carbocycles. The molecular formula is C14H21N3O3. The van der Waals surface area contributed by atoms with E-state index in [1.165, 1.54) is 0 Å². The van der Waals surface area contributed by atoms with Crippen molar-refractivity contribution in [2.45, 2.75) is 6.92 Å². The fraction of sp³-hybridized carbons (Fsp3) is 0.714. The van der Waals surface area contributed by atoms with Crippen LogP contribution in [0.25, 0.3) is 0 Å². The molecule has 2 aliphatic heterocycles. The number of rotatable bonds is 3.